The molecule has 0 atom stereocenters. The van der Waals surface area contributed by atoms with Crippen molar-refractivity contribution in [3.05, 3.63) is 64.7 Å². The summed E-state index contributed by atoms with van der Waals surface area (Å²) in [6, 6.07) is 14.7. The van der Waals surface area contributed by atoms with E-state index in [0.29, 0.717) is 17.0 Å². The number of anilines is 1. The van der Waals surface area contributed by atoms with Crippen molar-refractivity contribution in [1.29, 1.82) is 5.26 Å². The molecule has 0 heterocycles. The van der Waals surface area contributed by atoms with E-state index in [2.05, 4.69) is 11.2 Å². The van der Waals surface area contributed by atoms with Crippen LogP contribution < -0.4 is 10.1 Å². The number of para-hydroxylation sites is 1. The number of amides is 1. The maximum atomic E-state index is 12.5. The fourth-order valence-electron chi connectivity index (χ4n) is 2.23. The van der Waals surface area contributed by atoms with Crippen LogP contribution in [0.2, 0.25) is 0 Å². The first-order valence-corrected chi connectivity index (χ1v) is 7.71. The molecular formula is C21H18N2O2. The molecule has 0 aliphatic heterocycles. The van der Waals surface area contributed by atoms with Crippen molar-refractivity contribution in [1.82, 2.24) is 0 Å². The Hall–Kier alpha value is -3.50. The zero-order chi connectivity index (χ0) is 18.2. The van der Waals surface area contributed by atoms with Gasteiger partial charge in [0.25, 0.3) is 5.91 Å². The summed E-state index contributed by atoms with van der Waals surface area (Å²) in [5.41, 5.74) is 3.31. The van der Waals surface area contributed by atoms with E-state index in [9.17, 15) is 10.1 Å². The van der Waals surface area contributed by atoms with Gasteiger partial charge in [-0.05, 0) is 43.2 Å². The number of terminal acetylenes is 1. The molecule has 2 rings (SSSR count). The topological polar surface area (TPSA) is 62.1 Å². The molecule has 25 heavy (non-hydrogen) atoms. The second-order valence-corrected chi connectivity index (χ2v) is 5.40. The second-order valence-electron chi connectivity index (χ2n) is 5.40. The molecule has 0 bridgehead atoms. The minimum Gasteiger partial charge on any atom is -0.480 e. The molecule has 0 saturated heterocycles. The van der Waals surface area contributed by atoms with Crippen molar-refractivity contribution in [3.63, 3.8) is 0 Å². The van der Waals surface area contributed by atoms with Crippen LogP contribution in [0.3, 0.4) is 0 Å². The van der Waals surface area contributed by atoms with E-state index in [1.165, 1.54) is 6.08 Å². The fraction of sp³-hybridized carbons (Fsp3) is 0.143. The summed E-state index contributed by atoms with van der Waals surface area (Å²) in [4.78, 5) is 12.5. The Labute approximate surface area is 147 Å². The molecule has 0 aliphatic carbocycles. The lowest BCUT2D eigenvalue weighted by molar-refractivity contribution is -0.112. The lowest BCUT2D eigenvalue weighted by Gasteiger charge is -2.10. The SMILES string of the molecule is C#CCOc1ccccc1/C=C(\C#N)C(=O)Nc1cccc(C)c1C. The van der Waals surface area contributed by atoms with Crippen LogP contribution in [-0.2, 0) is 4.79 Å². The monoisotopic (exact) mass is 330 g/mol. The van der Waals surface area contributed by atoms with E-state index in [-0.39, 0.29) is 12.2 Å². The molecule has 0 aliphatic rings. The number of nitrogens with one attached hydrogen (secondary N) is 1. The Balaban J connectivity index is 2.29. The third kappa shape index (κ3) is 4.50. The Kier molecular flexibility index (Phi) is 5.98. The highest BCUT2D eigenvalue weighted by Gasteiger charge is 2.12. The number of ether oxygens (including phenoxy) is 1. The fourth-order valence-corrected chi connectivity index (χ4v) is 2.23. The third-order valence-electron chi connectivity index (χ3n) is 3.75. The van der Waals surface area contributed by atoms with Gasteiger partial charge in [0.1, 0.15) is 24.0 Å². The Bertz CT molecular complexity index is 899. The first kappa shape index (κ1) is 17.8. The summed E-state index contributed by atoms with van der Waals surface area (Å²) in [6.07, 6.45) is 6.70. The van der Waals surface area contributed by atoms with Crippen molar-refractivity contribution >= 4 is 17.7 Å². The van der Waals surface area contributed by atoms with Crippen molar-refractivity contribution in [2.45, 2.75) is 13.8 Å². The maximum Gasteiger partial charge on any atom is 0.266 e. The van der Waals surface area contributed by atoms with Crippen LogP contribution >= 0.6 is 0 Å². The number of rotatable bonds is 5. The molecule has 0 spiro atoms. The average molecular weight is 330 g/mol. The zero-order valence-corrected chi connectivity index (χ0v) is 14.2. The van der Waals surface area contributed by atoms with Crippen LogP contribution in [0.15, 0.2) is 48.0 Å². The number of nitrogens with zero attached hydrogens (tertiary/aromatic N) is 1. The number of hydrogen-bond acceptors (Lipinski definition) is 3. The number of nitriles is 1. The van der Waals surface area contributed by atoms with E-state index in [4.69, 9.17) is 11.2 Å². The van der Waals surface area contributed by atoms with E-state index >= 15 is 0 Å². The molecule has 4 heteroatoms. The number of benzene rings is 2. The first-order chi connectivity index (χ1) is 12.1. The summed E-state index contributed by atoms with van der Waals surface area (Å²) < 4.78 is 5.44. The van der Waals surface area contributed by atoms with Crippen LogP contribution in [0.25, 0.3) is 6.08 Å². The maximum absolute atomic E-state index is 12.5. The third-order valence-corrected chi connectivity index (χ3v) is 3.75. The zero-order valence-electron chi connectivity index (χ0n) is 14.2. The normalized spacial score (nSPS) is 10.5. The number of hydrogen-bond donors (Lipinski definition) is 1. The Morgan fingerprint density at radius 1 is 1.24 bits per heavy atom. The van der Waals surface area contributed by atoms with Crippen molar-refractivity contribution in [3.8, 4) is 24.2 Å². The van der Waals surface area contributed by atoms with Crippen LogP contribution in [0.5, 0.6) is 5.75 Å². The number of carbonyl (C=O) groups is 1. The predicted molar refractivity (Wildman–Crippen MR) is 98.9 cm³/mol. The first-order valence-electron chi connectivity index (χ1n) is 7.71. The summed E-state index contributed by atoms with van der Waals surface area (Å²) >= 11 is 0. The van der Waals surface area contributed by atoms with Crippen LogP contribution in [0.1, 0.15) is 16.7 Å². The van der Waals surface area contributed by atoms with Gasteiger partial charge in [0.05, 0.1) is 0 Å². The predicted octanol–water partition coefficient (Wildman–Crippen LogP) is 3.86. The lowest BCUT2D eigenvalue weighted by Crippen LogP contribution is -2.14. The molecule has 0 radical (unpaired) electrons. The Morgan fingerprint density at radius 2 is 2.00 bits per heavy atom. The van der Waals surface area contributed by atoms with Gasteiger partial charge in [-0.2, -0.15) is 5.26 Å². The molecule has 1 amide bonds. The quantitative estimate of drug-likeness (QED) is 0.514. The van der Waals surface area contributed by atoms with Gasteiger partial charge in [-0.3, -0.25) is 4.79 Å². The van der Waals surface area contributed by atoms with Gasteiger partial charge >= 0.3 is 0 Å². The molecule has 0 fully saturated rings. The molecule has 4 nitrogen and oxygen atoms in total. The van der Waals surface area contributed by atoms with E-state index in [0.717, 1.165) is 11.1 Å². The van der Waals surface area contributed by atoms with Gasteiger partial charge in [0, 0.05) is 11.3 Å². The van der Waals surface area contributed by atoms with Crippen molar-refractivity contribution in [2.75, 3.05) is 11.9 Å². The summed E-state index contributed by atoms with van der Waals surface area (Å²) in [5.74, 6) is 2.44. The summed E-state index contributed by atoms with van der Waals surface area (Å²) in [7, 11) is 0. The van der Waals surface area contributed by atoms with Gasteiger partial charge < -0.3 is 10.1 Å². The van der Waals surface area contributed by atoms with Crippen LogP contribution in [0, 0.1) is 37.5 Å². The van der Waals surface area contributed by atoms with E-state index in [1.54, 1.807) is 30.3 Å². The van der Waals surface area contributed by atoms with E-state index in [1.807, 2.05) is 32.0 Å². The molecule has 1 N–H and O–H groups in total. The molecule has 0 aromatic heterocycles. The highest BCUT2D eigenvalue weighted by Crippen LogP contribution is 2.22. The Morgan fingerprint density at radius 3 is 2.72 bits per heavy atom. The van der Waals surface area contributed by atoms with Crippen molar-refractivity contribution in [2.24, 2.45) is 0 Å². The molecule has 124 valence electrons. The van der Waals surface area contributed by atoms with Crippen LogP contribution in [-0.4, -0.2) is 12.5 Å². The average Bonchev–Trinajstić information content (AvgIpc) is 2.62. The number of aryl methyl sites for hydroxylation is 1. The number of carbonyl (C=O) groups excluding carboxylic acids is 1. The largest absolute Gasteiger partial charge is 0.480 e. The minimum absolute atomic E-state index is 0.0161. The van der Waals surface area contributed by atoms with Gasteiger partial charge in [0.15, 0.2) is 0 Å². The highest BCUT2D eigenvalue weighted by molar-refractivity contribution is 6.10. The van der Waals surface area contributed by atoms with Gasteiger partial charge in [-0.1, -0.05) is 36.3 Å². The van der Waals surface area contributed by atoms with E-state index < -0.39 is 5.91 Å². The summed E-state index contributed by atoms with van der Waals surface area (Å²) in [6.45, 7) is 4.00. The molecule has 0 unspecified atom stereocenters. The minimum atomic E-state index is -0.469. The standard InChI is InChI=1S/C21H18N2O2/c1-4-12-25-20-11-6-5-9-17(20)13-18(14-22)21(24)23-19-10-7-8-15(2)16(19)3/h1,5-11,13H,12H2,2-3H3,(H,23,24)/b18-13+. The molecule has 2 aromatic rings. The summed E-state index contributed by atoms with van der Waals surface area (Å²) in [5, 5.41) is 12.2. The van der Waals surface area contributed by atoms with Gasteiger partial charge in [0.2, 0.25) is 0 Å². The van der Waals surface area contributed by atoms with Crippen molar-refractivity contribution < 1.29 is 9.53 Å². The van der Waals surface area contributed by atoms with Gasteiger partial charge in [-0.15, -0.1) is 6.42 Å². The lowest BCUT2D eigenvalue weighted by atomic mass is 10.1. The molecule has 2 aromatic carbocycles. The second kappa shape index (κ2) is 8.38. The smallest absolute Gasteiger partial charge is 0.266 e. The highest BCUT2D eigenvalue weighted by atomic mass is 16.5. The molecular weight excluding hydrogens is 312 g/mol. The van der Waals surface area contributed by atoms with Gasteiger partial charge in [-0.25, -0.2) is 0 Å². The van der Waals surface area contributed by atoms with Crippen LogP contribution in [0.4, 0.5) is 5.69 Å². The molecule has 0 saturated carbocycles.